The van der Waals surface area contributed by atoms with Crippen LogP contribution < -0.4 is 51.4 Å². The van der Waals surface area contributed by atoms with Crippen molar-refractivity contribution in [1.82, 2.24) is 4.90 Å². The Morgan fingerprint density at radius 2 is 2.36 bits per heavy atom. The number of amides is 2. The molecule has 0 spiro atoms. The number of likely N-dealkylation sites (tertiary alicyclic amines) is 1. The van der Waals surface area contributed by atoms with E-state index in [2.05, 4.69) is 5.32 Å². The van der Waals surface area contributed by atoms with E-state index in [9.17, 15) is 9.59 Å². The fourth-order valence-electron chi connectivity index (χ4n) is 1.87. The predicted octanol–water partition coefficient (Wildman–Crippen LogP) is -2.34. The number of piperidine rings is 1. The van der Waals surface area contributed by atoms with Crippen LogP contribution in [0.1, 0.15) is 12.8 Å². The number of carbonyl (C=O) groups is 2. The van der Waals surface area contributed by atoms with Crippen molar-refractivity contribution in [2.24, 2.45) is 5.92 Å². The molecule has 1 saturated heterocycles. The molecular weight excluding hydrogens is 207 g/mol. The zero-order valence-corrected chi connectivity index (χ0v) is 11.6. The van der Waals surface area contributed by atoms with Crippen molar-refractivity contribution in [1.29, 1.82) is 0 Å². The van der Waals surface area contributed by atoms with Gasteiger partial charge in [0.05, 0.1) is 5.91 Å². The Kier molecular flexibility index (Phi) is 4.33. The SMILES string of the molecule is C[N-]C(=O)/C=C1/CC2CC2N1C=O.[K+]. The van der Waals surface area contributed by atoms with E-state index in [-0.39, 0.29) is 57.3 Å². The monoisotopic (exact) mass is 218 g/mol. The number of hydrogen-bond donors (Lipinski definition) is 0. The first-order chi connectivity index (χ1) is 6.26. The van der Waals surface area contributed by atoms with Gasteiger partial charge in [0.25, 0.3) is 0 Å². The average molecular weight is 218 g/mol. The maximum Gasteiger partial charge on any atom is 1.00 e. The molecule has 2 amide bonds. The maximum atomic E-state index is 11.0. The van der Waals surface area contributed by atoms with E-state index >= 15 is 0 Å². The van der Waals surface area contributed by atoms with Crippen LogP contribution in [0.15, 0.2) is 11.8 Å². The molecule has 2 aliphatic rings. The molecule has 4 nitrogen and oxygen atoms in total. The summed E-state index contributed by atoms with van der Waals surface area (Å²) in [5.41, 5.74) is 0.826. The van der Waals surface area contributed by atoms with Crippen molar-refractivity contribution < 1.29 is 61.0 Å². The molecule has 1 aliphatic carbocycles. The molecule has 1 aliphatic heterocycles. The van der Waals surface area contributed by atoms with Crippen molar-refractivity contribution in [3.05, 3.63) is 17.1 Å². The molecular formula is C9H11KN2O2. The van der Waals surface area contributed by atoms with Crippen LogP contribution >= 0.6 is 0 Å². The van der Waals surface area contributed by atoms with Crippen molar-refractivity contribution >= 4 is 12.3 Å². The molecule has 0 aromatic rings. The summed E-state index contributed by atoms with van der Waals surface area (Å²) in [7, 11) is 1.46. The van der Waals surface area contributed by atoms with Gasteiger partial charge in [0, 0.05) is 11.7 Å². The van der Waals surface area contributed by atoms with E-state index < -0.39 is 0 Å². The van der Waals surface area contributed by atoms with Crippen LogP contribution in [0.3, 0.4) is 0 Å². The standard InChI is InChI=1S/C9H12N2O2.K/c1-10-9(13)4-7-2-6-3-8(6)11(7)5-12;/h4-6,8H,2-3H2,1H3,(H,10,13);/q;+1/p-1/b7-4-;. The number of allylic oxidation sites excluding steroid dienone is 1. The number of rotatable bonds is 2. The Hall–Kier alpha value is 0.316. The predicted molar refractivity (Wildman–Crippen MR) is 46.8 cm³/mol. The third-order valence-electron chi connectivity index (χ3n) is 2.67. The third kappa shape index (κ3) is 2.28. The minimum absolute atomic E-state index is 0. The van der Waals surface area contributed by atoms with Crippen LogP contribution in [-0.4, -0.2) is 30.3 Å². The molecule has 14 heavy (non-hydrogen) atoms. The van der Waals surface area contributed by atoms with Gasteiger partial charge in [-0.3, -0.25) is 4.79 Å². The molecule has 1 saturated carbocycles. The Bertz CT molecular complexity index is 291. The molecule has 2 rings (SSSR count). The Morgan fingerprint density at radius 1 is 1.64 bits per heavy atom. The van der Waals surface area contributed by atoms with Gasteiger partial charge in [-0.1, -0.05) is 0 Å². The second-order valence-corrected chi connectivity index (χ2v) is 3.48. The molecule has 0 N–H and O–H groups in total. The fourth-order valence-corrected chi connectivity index (χ4v) is 1.87. The van der Waals surface area contributed by atoms with Crippen molar-refractivity contribution in [2.75, 3.05) is 7.05 Å². The van der Waals surface area contributed by atoms with Crippen molar-refractivity contribution in [2.45, 2.75) is 18.9 Å². The minimum atomic E-state index is -0.261. The Labute approximate surface area is 126 Å². The van der Waals surface area contributed by atoms with Gasteiger partial charge in [0.1, 0.15) is 0 Å². The molecule has 2 atom stereocenters. The van der Waals surface area contributed by atoms with Crippen LogP contribution in [0.2, 0.25) is 0 Å². The van der Waals surface area contributed by atoms with Crippen LogP contribution in [-0.2, 0) is 9.59 Å². The smallest absolute Gasteiger partial charge is 0.652 e. The van der Waals surface area contributed by atoms with Crippen LogP contribution in [0, 0.1) is 5.92 Å². The molecule has 1 heterocycles. The molecule has 70 valence electrons. The third-order valence-corrected chi connectivity index (χ3v) is 2.67. The summed E-state index contributed by atoms with van der Waals surface area (Å²) < 4.78 is 0. The summed E-state index contributed by atoms with van der Waals surface area (Å²) >= 11 is 0. The first-order valence-electron chi connectivity index (χ1n) is 4.34. The molecule has 2 unspecified atom stereocenters. The summed E-state index contributed by atoms with van der Waals surface area (Å²) in [6.07, 6.45) is 4.21. The van der Waals surface area contributed by atoms with Gasteiger partial charge < -0.3 is 15.0 Å². The first-order valence-corrected chi connectivity index (χ1v) is 4.34. The average Bonchev–Trinajstić information content (AvgIpc) is 2.79. The summed E-state index contributed by atoms with van der Waals surface area (Å²) in [6, 6.07) is 0.369. The molecule has 0 bridgehead atoms. The summed E-state index contributed by atoms with van der Waals surface area (Å²) in [5.74, 6) is 0.337. The van der Waals surface area contributed by atoms with Gasteiger partial charge in [-0.05, 0) is 24.8 Å². The molecule has 0 radical (unpaired) electrons. The summed E-state index contributed by atoms with van der Waals surface area (Å²) in [4.78, 5) is 23.3. The van der Waals surface area contributed by atoms with Crippen molar-refractivity contribution in [3.8, 4) is 0 Å². The fraction of sp³-hybridized carbons (Fsp3) is 0.556. The van der Waals surface area contributed by atoms with Gasteiger partial charge in [-0.2, -0.15) is 0 Å². The van der Waals surface area contributed by atoms with E-state index in [1.807, 2.05) is 0 Å². The van der Waals surface area contributed by atoms with E-state index in [4.69, 9.17) is 0 Å². The van der Waals surface area contributed by atoms with E-state index in [0.717, 1.165) is 24.9 Å². The quantitative estimate of drug-likeness (QED) is 0.296. The van der Waals surface area contributed by atoms with E-state index in [0.29, 0.717) is 12.0 Å². The van der Waals surface area contributed by atoms with E-state index in [1.54, 1.807) is 4.90 Å². The zero-order chi connectivity index (χ0) is 9.42. The Morgan fingerprint density at radius 3 is 2.93 bits per heavy atom. The second kappa shape index (κ2) is 4.89. The van der Waals surface area contributed by atoms with E-state index in [1.165, 1.54) is 13.1 Å². The zero-order valence-electron chi connectivity index (χ0n) is 8.43. The Balaban J connectivity index is 0.000000980. The van der Waals surface area contributed by atoms with Gasteiger partial charge >= 0.3 is 51.4 Å². The summed E-state index contributed by atoms with van der Waals surface area (Å²) in [6.45, 7) is 0. The normalized spacial score (nSPS) is 30.6. The van der Waals surface area contributed by atoms with Crippen LogP contribution in [0.4, 0.5) is 0 Å². The summed E-state index contributed by atoms with van der Waals surface area (Å²) in [5, 5.41) is 3.50. The minimum Gasteiger partial charge on any atom is -0.652 e. The number of nitrogens with zero attached hydrogens (tertiary/aromatic N) is 2. The second-order valence-electron chi connectivity index (χ2n) is 3.48. The molecule has 5 heteroatoms. The van der Waals surface area contributed by atoms with Crippen LogP contribution in [0.5, 0.6) is 0 Å². The number of hydrogen-bond acceptors (Lipinski definition) is 2. The maximum absolute atomic E-state index is 11.0. The van der Waals surface area contributed by atoms with Gasteiger partial charge in [0.15, 0.2) is 0 Å². The van der Waals surface area contributed by atoms with Crippen molar-refractivity contribution in [3.63, 3.8) is 0 Å². The molecule has 0 aromatic carbocycles. The van der Waals surface area contributed by atoms with Crippen LogP contribution in [0.25, 0.3) is 5.32 Å². The number of fused-ring (bicyclic) bond motifs is 1. The van der Waals surface area contributed by atoms with Gasteiger partial charge in [-0.15, -0.1) is 7.05 Å². The number of likely N-dealkylation sites (N-methyl/N-ethyl adjacent to an activating group) is 1. The molecule has 0 aromatic heterocycles. The topological polar surface area (TPSA) is 51.5 Å². The number of carbonyl (C=O) groups excluding carboxylic acids is 2. The van der Waals surface area contributed by atoms with Gasteiger partial charge in [0.2, 0.25) is 6.41 Å². The van der Waals surface area contributed by atoms with Gasteiger partial charge in [-0.25, -0.2) is 0 Å². The largest absolute Gasteiger partial charge is 1.00 e. The first kappa shape index (κ1) is 12.4. The molecule has 2 fully saturated rings.